The van der Waals surface area contributed by atoms with E-state index in [4.69, 9.17) is 10.5 Å². The van der Waals surface area contributed by atoms with E-state index in [1.54, 1.807) is 0 Å². The van der Waals surface area contributed by atoms with Gasteiger partial charge < -0.3 is 15.8 Å². The molecule has 0 spiro atoms. The van der Waals surface area contributed by atoms with E-state index in [2.05, 4.69) is 17.1 Å². The van der Waals surface area contributed by atoms with Crippen LogP contribution in [-0.2, 0) is 9.53 Å². The fourth-order valence-corrected chi connectivity index (χ4v) is 3.96. The third-order valence-electron chi connectivity index (χ3n) is 5.59. The number of rotatable bonds is 3. The first kappa shape index (κ1) is 15.3. The van der Waals surface area contributed by atoms with Gasteiger partial charge in [0, 0.05) is 31.1 Å². The van der Waals surface area contributed by atoms with E-state index in [0.29, 0.717) is 18.5 Å². The molecule has 3 fully saturated rings. The Hall–Kier alpha value is -0.650. The van der Waals surface area contributed by atoms with Crippen molar-refractivity contribution in [1.82, 2.24) is 10.2 Å². The molecule has 5 unspecified atom stereocenters. The van der Waals surface area contributed by atoms with Crippen LogP contribution in [0.1, 0.15) is 39.0 Å². The Morgan fingerprint density at radius 1 is 1.38 bits per heavy atom. The summed E-state index contributed by atoms with van der Waals surface area (Å²) in [5, 5.41) is 3.09. The zero-order valence-electron chi connectivity index (χ0n) is 13.1. The van der Waals surface area contributed by atoms with Crippen LogP contribution in [0.2, 0.25) is 0 Å². The first-order chi connectivity index (χ1) is 10.1. The molecule has 3 N–H and O–H groups in total. The highest BCUT2D eigenvalue weighted by molar-refractivity contribution is 5.78. The van der Waals surface area contributed by atoms with Gasteiger partial charge in [-0.05, 0) is 44.6 Å². The number of nitrogens with zero attached hydrogens (tertiary/aromatic N) is 1. The Bertz CT molecular complexity index is 377. The molecule has 0 aromatic carbocycles. The molecule has 1 saturated carbocycles. The highest BCUT2D eigenvalue weighted by Gasteiger charge is 2.33. The third-order valence-corrected chi connectivity index (χ3v) is 5.59. The van der Waals surface area contributed by atoms with Gasteiger partial charge in [0.25, 0.3) is 0 Å². The first-order valence-corrected chi connectivity index (χ1v) is 8.52. The predicted molar refractivity (Wildman–Crippen MR) is 81.8 cm³/mol. The van der Waals surface area contributed by atoms with E-state index in [1.165, 1.54) is 19.4 Å². The van der Waals surface area contributed by atoms with Crippen molar-refractivity contribution in [1.29, 1.82) is 0 Å². The predicted octanol–water partition coefficient (Wildman–Crippen LogP) is 0.729. The highest BCUT2D eigenvalue weighted by Crippen LogP contribution is 2.28. The van der Waals surface area contributed by atoms with Gasteiger partial charge >= 0.3 is 0 Å². The molecule has 2 aliphatic heterocycles. The van der Waals surface area contributed by atoms with Crippen LogP contribution in [0.5, 0.6) is 0 Å². The summed E-state index contributed by atoms with van der Waals surface area (Å²) in [6, 6.07) is 0.792. The van der Waals surface area contributed by atoms with Crippen molar-refractivity contribution < 1.29 is 9.53 Å². The van der Waals surface area contributed by atoms with E-state index in [0.717, 1.165) is 32.4 Å². The van der Waals surface area contributed by atoms with E-state index in [1.807, 2.05) is 0 Å². The monoisotopic (exact) mass is 295 g/mol. The van der Waals surface area contributed by atoms with Gasteiger partial charge in [-0.2, -0.15) is 0 Å². The van der Waals surface area contributed by atoms with Crippen LogP contribution in [0.4, 0.5) is 0 Å². The number of amides is 1. The van der Waals surface area contributed by atoms with E-state index < -0.39 is 0 Å². The van der Waals surface area contributed by atoms with Gasteiger partial charge in [0.05, 0.1) is 12.7 Å². The van der Waals surface area contributed by atoms with Crippen molar-refractivity contribution in [3.63, 3.8) is 0 Å². The van der Waals surface area contributed by atoms with Crippen molar-refractivity contribution in [3.8, 4) is 0 Å². The fraction of sp³-hybridized carbons (Fsp3) is 0.938. The van der Waals surface area contributed by atoms with E-state index >= 15 is 0 Å². The average Bonchev–Trinajstić information content (AvgIpc) is 2.95. The number of nitrogens with one attached hydrogen (secondary N) is 1. The van der Waals surface area contributed by atoms with Crippen LogP contribution in [0.15, 0.2) is 0 Å². The maximum absolute atomic E-state index is 12.3. The number of ether oxygens (including phenoxy) is 1. The Kier molecular flexibility index (Phi) is 4.82. The molecule has 0 bridgehead atoms. The number of hydrogen-bond acceptors (Lipinski definition) is 4. The number of nitrogens with two attached hydrogens (primary N) is 1. The van der Waals surface area contributed by atoms with Crippen molar-refractivity contribution >= 4 is 5.91 Å². The Morgan fingerprint density at radius 2 is 2.24 bits per heavy atom. The second-order valence-corrected chi connectivity index (χ2v) is 7.14. The van der Waals surface area contributed by atoms with Gasteiger partial charge in [0.2, 0.25) is 5.91 Å². The summed E-state index contributed by atoms with van der Waals surface area (Å²) < 4.78 is 5.89. The summed E-state index contributed by atoms with van der Waals surface area (Å²) in [5.41, 5.74) is 6.09. The molecule has 3 rings (SSSR count). The maximum atomic E-state index is 12.3. The van der Waals surface area contributed by atoms with Crippen LogP contribution < -0.4 is 11.1 Å². The fourth-order valence-electron chi connectivity index (χ4n) is 3.96. The molecule has 5 nitrogen and oxygen atoms in total. The molecular weight excluding hydrogens is 266 g/mol. The molecule has 0 radical (unpaired) electrons. The molecule has 5 atom stereocenters. The summed E-state index contributed by atoms with van der Waals surface area (Å²) >= 11 is 0. The van der Waals surface area contributed by atoms with Crippen molar-refractivity contribution in [2.75, 3.05) is 26.2 Å². The topological polar surface area (TPSA) is 67.6 Å². The minimum Gasteiger partial charge on any atom is -0.373 e. The lowest BCUT2D eigenvalue weighted by molar-refractivity contribution is -0.127. The Labute approximate surface area is 127 Å². The lowest BCUT2D eigenvalue weighted by Crippen LogP contribution is -2.51. The first-order valence-electron chi connectivity index (χ1n) is 8.52. The molecule has 120 valence electrons. The number of morpholine rings is 1. The molecule has 1 aliphatic carbocycles. The molecule has 0 aromatic rings. The van der Waals surface area contributed by atoms with Gasteiger partial charge in [0.1, 0.15) is 0 Å². The molecule has 3 aliphatic rings. The Morgan fingerprint density at radius 3 is 3.05 bits per heavy atom. The summed E-state index contributed by atoms with van der Waals surface area (Å²) in [7, 11) is 0. The molecule has 0 aromatic heterocycles. The molecule has 1 amide bonds. The summed E-state index contributed by atoms with van der Waals surface area (Å²) in [6.07, 6.45) is 5.56. The molecule has 2 saturated heterocycles. The van der Waals surface area contributed by atoms with Crippen LogP contribution in [0.3, 0.4) is 0 Å². The highest BCUT2D eigenvalue weighted by atomic mass is 16.5. The van der Waals surface area contributed by atoms with Gasteiger partial charge in [-0.1, -0.05) is 6.92 Å². The summed E-state index contributed by atoms with van der Waals surface area (Å²) in [6.45, 7) is 5.80. The zero-order valence-corrected chi connectivity index (χ0v) is 13.1. The van der Waals surface area contributed by atoms with Gasteiger partial charge in [-0.15, -0.1) is 0 Å². The standard InChI is InChI=1S/C16H29N3O2/c1-11-4-5-12(7-15(11)17)16(20)18-8-14-9-19-6-2-3-13(19)10-21-14/h11-15H,2-10,17H2,1H3,(H,18,20). The number of carbonyl (C=O) groups excluding carboxylic acids is 1. The minimum atomic E-state index is 0.0966. The largest absolute Gasteiger partial charge is 0.373 e. The lowest BCUT2D eigenvalue weighted by atomic mass is 9.79. The quantitative estimate of drug-likeness (QED) is 0.805. The maximum Gasteiger partial charge on any atom is 0.223 e. The number of hydrogen-bond donors (Lipinski definition) is 2. The Balaban J connectivity index is 1.41. The normalized spacial score (nSPS) is 40.8. The van der Waals surface area contributed by atoms with Gasteiger partial charge in [-0.25, -0.2) is 0 Å². The SMILES string of the molecule is CC1CCC(C(=O)NCC2CN3CCCC3CO2)CC1N. The van der Waals surface area contributed by atoms with Crippen molar-refractivity contribution in [2.45, 2.75) is 57.2 Å². The second kappa shape index (κ2) is 6.63. The van der Waals surface area contributed by atoms with Gasteiger partial charge in [0.15, 0.2) is 0 Å². The second-order valence-electron chi connectivity index (χ2n) is 7.14. The summed E-state index contributed by atoms with van der Waals surface area (Å²) in [5.74, 6) is 0.812. The average molecular weight is 295 g/mol. The molecule has 5 heteroatoms. The van der Waals surface area contributed by atoms with Crippen molar-refractivity contribution in [3.05, 3.63) is 0 Å². The van der Waals surface area contributed by atoms with E-state index in [-0.39, 0.29) is 24.0 Å². The zero-order chi connectivity index (χ0) is 14.8. The lowest BCUT2D eigenvalue weighted by Gasteiger charge is -2.36. The van der Waals surface area contributed by atoms with E-state index in [9.17, 15) is 4.79 Å². The summed E-state index contributed by atoms with van der Waals surface area (Å²) in [4.78, 5) is 14.8. The third kappa shape index (κ3) is 3.58. The minimum absolute atomic E-state index is 0.0966. The van der Waals surface area contributed by atoms with Crippen LogP contribution in [-0.4, -0.2) is 55.2 Å². The molecule has 2 heterocycles. The number of fused-ring (bicyclic) bond motifs is 1. The van der Waals surface area contributed by atoms with Gasteiger partial charge in [-0.3, -0.25) is 9.69 Å². The van der Waals surface area contributed by atoms with Crippen LogP contribution in [0, 0.1) is 11.8 Å². The smallest absolute Gasteiger partial charge is 0.223 e. The van der Waals surface area contributed by atoms with Crippen LogP contribution >= 0.6 is 0 Å². The molecule has 21 heavy (non-hydrogen) atoms. The van der Waals surface area contributed by atoms with Crippen molar-refractivity contribution in [2.24, 2.45) is 17.6 Å². The molecular formula is C16H29N3O2. The van der Waals surface area contributed by atoms with Crippen LogP contribution in [0.25, 0.3) is 0 Å². The number of carbonyl (C=O) groups is 1.